The minimum absolute atomic E-state index is 0.0309. The summed E-state index contributed by atoms with van der Waals surface area (Å²) >= 11 is 6.10. The third-order valence-corrected chi connectivity index (χ3v) is 6.33. The summed E-state index contributed by atoms with van der Waals surface area (Å²) < 4.78 is 38.6. The van der Waals surface area contributed by atoms with Crippen molar-refractivity contribution in [3.8, 4) is 0 Å². The average molecular weight is 467 g/mol. The van der Waals surface area contributed by atoms with E-state index < -0.39 is 11.7 Å². The number of rotatable bonds is 2. The molecule has 0 bridgehead atoms. The molecule has 170 valence electrons. The molecule has 1 atom stereocenters. The fraction of sp³-hybridized carbons (Fsp3) is 0.364. The first-order chi connectivity index (χ1) is 15.1. The molecule has 0 saturated carbocycles. The number of anilines is 3. The van der Waals surface area contributed by atoms with Gasteiger partial charge in [-0.25, -0.2) is 0 Å². The Morgan fingerprint density at radius 1 is 1.06 bits per heavy atom. The summed E-state index contributed by atoms with van der Waals surface area (Å²) in [5.41, 5.74) is 1.63. The molecule has 2 aliphatic heterocycles. The van der Waals surface area contributed by atoms with Crippen LogP contribution in [-0.4, -0.2) is 56.0 Å². The molecular weight excluding hydrogens is 445 g/mol. The van der Waals surface area contributed by atoms with Crippen LogP contribution >= 0.6 is 11.6 Å². The summed E-state index contributed by atoms with van der Waals surface area (Å²) in [5.74, 6) is -0.298. The summed E-state index contributed by atoms with van der Waals surface area (Å²) in [4.78, 5) is 30.5. The number of halogens is 4. The van der Waals surface area contributed by atoms with Gasteiger partial charge in [0.2, 0.25) is 5.91 Å². The SMILES string of the molecule is CC1C(=O)Nc2cc(C(=O)N3CCN(c4ccc(C(F)(F)F)cc4Cl)CC3)ccc2N1C. The molecule has 0 aromatic heterocycles. The van der Waals surface area contributed by atoms with Crippen molar-refractivity contribution in [2.75, 3.05) is 48.3 Å². The van der Waals surface area contributed by atoms with Gasteiger partial charge in [0.15, 0.2) is 0 Å². The Labute approximate surface area is 188 Å². The Bertz CT molecular complexity index is 1070. The fourth-order valence-corrected chi connectivity index (χ4v) is 4.27. The molecule has 2 heterocycles. The molecule has 2 aromatic carbocycles. The lowest BCUT2D eigenvalue weighted by molar-refractivity contribution is -0.137. The Kier molecular flexibility index (Phi) is 5.70. The van der Waals surface area contributed by atoms with Crippen LogP contribution < -0.4 is 15.1 Å². The van der Waals surface area contributed by atoms with E-state index in [2.05, 4.69) is 5.32 Å². The number of hydrogen-bond donors (Lipinski definition) is 1. The molecular formula is C22H22ClF3N4O2. The fourth-order valence-electron chi connectivity index (χ4n) is 3.97. The van der Waals surface area contributed by atoms with Gasteiger partial charge in [0.1, 0.15) is 6.04 Å². The van der Waals surface area contributed by atoms with Crippen LogP contribution in [0.5, 0.6) is 0 Å². The molecule has 0 radical (unpaired) electrons. The maximum absolute atomic E-state index is 13.0. The molecule has 32 heavy (non-hydrogen) atoms. The third kappa shape index (κ3) is 4.09. The van der Waals surface area contributed by atoms with E-state index in [4.69, 9.17) is 11.6 Å². The minimum atomic E-state index is -4.45. The van der Waals surface area contributed by atoms with Crippen molar-refractivity contribution in [1.29, 1.82) is 0 Å². The number of likely N-dealkylation sites (N-methyl/N-ethyl adjacent to an activating group) is 1. The number of carbonyl (C=O) groups excluding carboxylic acids is 2. The molecule has 0 aliphatic carbocycles. The maximum Gasteiger partial charge on any atom is 0.416 e. The summed E-state index contributed by atoms with van der Waals surface area (Å²) in [5, 5.41) is 2.86. The Balaban J connectivity index is 1.44. The second kappa shape index (κ2) is 8.20. The number of carbonyl (C=O) groups is 2. The van der Waals surface area contributed by atoms with Crippen LogP contribution in [0.25, 0.3) is 0 Å². The number of amides is 2. The Morgan fingerprint density at radius 2 is 1.72 bits per heavy atom. The molecule has 1 unspecified atom stereocenters. The van der Waals surface area contributed by atoms with E-state index in [9.17, 15) is 22.8 Å². The first kappa shape index (κ1) is 22.3. The molecule has 4 rings (SSSR count). The van der Waals surface area contributed by atoms with Crippen LogP contribution in [0, 0.1) is 0 Å². The standard InChI is InChI=1S/C22H22ClF3N4O2/c1-13-20(31)27-17-11-14(3-5-19(17)28(13)2)21(32)30-9-7-29(8-10-30)18-6-4-15(12-16(18)23)22(24,25)26/h3-6,11-13H,7-10H2,1-2H3,(H,27,31). The Morgan fingerprint density at radius 3 is 2.34 bits per heavy atom. The van der Waals surface area contributed by atoms with Crippen LogP contribution in [0.15, 0.2) is 36.4 Å². The zero-order valence-corrected chi connectivity index (χ0v) is 18.3. The van der Waals surface area contributed by atoms with Crippen LogP contribution in [0.1, 0.15) is 22.8 Å². The van der Waals surface area contributed by atoms with Gasteiger partial charge < -0.3 is 20.0 Å². The van der Waals surface area contributed by atoms with Crippen molar-refractivity contribution < 1.29 is 22.8 Å². The summed E-state index contributed by atoms with van der Waals surface area (Å²) in [6, 6.07) is 8.24. The van der Waals surface area contributed by atoms with Crippen molar-refractivity contribution in [1.82, 2.24) is 4.90 Å². The van der Waals surface area contributed by atoms with Gasteiger partial charge in [-0.3, -0.25) is 9.59 Å². The van der Waals surface area contributed by atoms with Gasteiger partial charge in [0.05, 0.1) is 27.6 Å². The number of benzene rings is 2. The second-order valence-electron chi connectivity index (χ2n) is 7.95. The highest BCUT2D eigenvalue weighted by molar-refractivity contribution is 6.33. The quantitative estimate of drug-likeness (QED) is 0.724. The number of alkyl halides is 3. The lowest BCUT2D eigenvalue weighted by atomic mass is 10.1. The van der Waals surface area contributed by atoms with E-state index in [1.807, 2.05) is 22.9 Å². The van der Waals surface area contributed by atoms with Crippen LogP contribution in [0.3, 0.4) is 0 Å². The monoisotopic (exact) mass is 466 g/mol. The zero-order valence-electron chi connectivity index (χ0n) is 17.5. The minimum Gasteiger partial charge on any atom is -0.367 e. The molecule has 0 spiro atoms. The molecule has 2 aliphatic rings. The molecule has 2 aromatic rings. The Hall–Kier alpha value is -2.94. The number of nitrogens with one attached hydrogen (secondary N) is 1. The summed E-state index contributed by atoms with van der Waals surface area (Å²) in [6.45, 7) is 3.49. The smallest absolute Gasteiger partial charge is 0.367 e. The molecule has 2 amide bonds. The van der Waals surface area contributed by atoms with Crippen molar-refractivity contribution in [2.24, 2.45) is 0 Å². The summed E-state index contributed by atoms with van der Waals surface area (Å²) in [6.07, 6.45) is -4.45. The van der Waals surface area contributed by atoms with E-state index in [0.29, 0.717) is 43.1 Å². The largest absolute Gasteiger partial charge is 0.416 e. The normalized spacial score (nSPS) is 19.0. The first-order valence-electron chi connectivity index (χ1n) is 10.1. The van der Waals surface area contributed by atoms with Crippen molar-refractivity contribution >= 4 is 40.5 Å². The molecule has 6 nitrogen and oxygen atoms in total. The van der Waals surface area contributed by atoms with E-state index in [-0.39, 0.29) is 22.9 Å². The van der Waals surface area contributed by atoms with Crippen LogP contribution in [0.4, 0.5) is 30.2 Å². The summed E-state index contributed by atoms with van der Waals surface area (Å²) in [7, 11) is 1.83. The number of piperazine rings is 1. The number of fused-ring (bicyclic) bond motifs is 1. The maximum atomic E-state index is 13.0. The molecule has 1 saturated heterocycles. The van der Waals surface area contributed by atoms with Crippen molar-refractivity contribution in [3.63, 3.8) is 0 Å². The molecule has 1 fully saturated rings. The van der Waals surface area contributed by atoms with Gasteiger partial charge in [0.25, 0.3) is 5.91 Å². The first-order valence-corrected chi connectivity index (χ1v) is 10.5. The van der Waals surface area contributed by atoms with Gasteiger partial charge in [0, 0.05) is 38.8 Å². The van der Waals surface area contributed by atoms with Gasteiger partial charge >= 0.3 is 6.18 Å². The predicted molar refractivity (Wildman–Crippen MR) is 118 cm³/mol. The molecule has 1 N–H and O–H groups in total. The topological polar surface area (TPSA) is 55.9 Å². The third-order valence-electron chi connectivity index (χ3n) is 6.02. The zero-order chi connectivity index (χ0) is 23.2. The van der Waals surface area contributed by atoms with E-state index in [0.717, 1.165) is 17.8 Å². The van der Waals surface area contributed by atoms with Crippen LogP contribution in [0.2, 0.25) is 5.02 Å². The highest BCUT2D eigenvalue weighted by Gasteiger charge is 2.32. The lowest BCUT2D eigenvalue weighted by Gasteiger charge is -2.37. The van der Waals surface area contributed by atoms with E-state index in [1.165, 1.54) is 6.07 Å². The van der Waals surface area contributed by atoms with Crippen molar-refractivity contribution in [3.05, 3.63) is 52.5 Å². The lowest BCUT2D eigenvalue weighted by Crippen LogP contribution is -2.49. The second-order valence-corrected chi connectivity index (χ2v) is 8.36. The average Bonchev–Trinajstić information content (AvgIpc) is 2.76. The van der Waals surface area contributed by atoms with Crippen LogP contribution in [-0.2, 0) is 11.0 Å². The predicted octanol–water partition coefficient (Wildman–Crippen LogP) is 4.10. The van der Waals surface area contributed by atoms with Crippen molar-refractivity contribution in [2.45, 2.75) is 19.1 Å². The van der Waals surface area contributed by atoms with E-state index >= 15 is 0 Å². The highest BCUT2D eigenvalue weighted by Crippen LogP contribution is 2.36. The van der Waals surface area contributed by atoms with Gasteiger partial charge in [-0.15, -0.1) is 0 Å². The van der Waals surface area contributed by atoms with Gasteiger partial charge in [-0.05, 0) is 43.3 Å². The van der Waals surface area contributed by atoms with Gasteiger partial charge in [-0.1, -0.05) is 11.6 Å². The number of nitrogens with zero attached hydrogens (tertiary/aromatic N) is 3. The van der Waals surface area contributed by atoms with Gasteiger partial charge in [-0.2, -0.15) is 13.2 Å². The molecule has 10 heteroatoms. The number of hydrogen-bond acceptors (Lipinski definition) is 4. The van der Waals surface area contributed by atoms with E-state index in [1.54, 1.807) is 24.0 Å². The highest BCUT2D eigenvalue weighted by atomic mass is 35.5.